The normalized spacial score (nSPS) is 52.5. The minimum absolute atomic E-state index is 0.619. The van der Waals surface area contributed by atoms with Gasteiger partial charge in [0.15, 0.2) is 18.9 Å². The molecule has 34 heavy (non-hydrogen) atoms. The second kappa shape index (κ2) is 11.6. The van der Waals surface area contributed by atoms with Crippen LogP contribution in [0.15, 0.2) is 0 Å². The van der Waals surface area contributed by atoms with Crippen molar-refractivity contribution in [1.82, 2.24) is 0 Å². The van der Waals surface area contributed by atoms with E-state index in [1.54, 1.807) is 0 Å². The molecule has 3 fully saturated rings. The molecular weight excluding hydrogens is 472 g/mol. The zero-order chi connectivity index (χ0) is 25.3. The molecule has 0 amide bonds. The van der Waals surface area contributed by atoms with E-state index in [0.717, 1.165) is 0 Å². The summed E-state index contributed by atoms with van der Waals surface area (Å²) in [5.41, 5.74) is 0. The SMILES string of the molecule is OC[C@H]1O[C@H](OC[C@H]2O[C@@H](O)[C@H](O)[C@@H](O)[C@@H]2O[C@H]2O[C@H](CO)[C@@H](O)[C@H](O)[C@H]2O)[C@H](O)[C@@H](O)[C@@H]1O. The minimum Gasteiger partial charge on any atom is -0.394 e. The Kier molecular flexibility index (Phi) is 9.54. The number of ether oxygens (including phenoxy) is 5. The maximum Gasteiger partial charge on any atom is 0.187 e. The van der Waals surface area contributed by atoms with Crippen LogP contribution in [0.5, 0.6) is 0 Å². The molecule has 3 heterocycles. The Hall–Kier alpha value is -0.640. The summed E-state index contributed by atoms with van der Waals surface area (Å²) in [5.74, 6) is 0. The number of aliphatic hydroxyl groups is 11. The molecule has 0 saturated carbocycles. The Morgan fingerprint density at radius 2 is 1.00 bits per heavy atom. The Morgan fingerprint density at radius 1 is 0.500 bits per heavy atom. The molecule has 3 aliphatic rings. The molecule has 3 saturated heterocycles. The maximum absolute atomic E-state index is 10.4. The molecule has 16 heteroatoms. The summed E-state index contributed by atoms with van der Waals surface area (Å²) in [6.07, 6.45) is -25.0. The number of rotatable bonds is 7. The molecule has 0 unspecified atom stereocenters. The third-order valence-corrected chi connectivity index (χ3v) is 6.07. The lowest BCUT2D eigenvalue weighted by molar-refractivity contribution is -0.363. The highest BCUT2D eigenvalue weighted by atomic mass is 16.7. The average Bonchev–Trinajstić information content (AvgIpc) is 2.82. The van der Waals surface area contributed by atoms with E-state index in [4.69, 9.17) is 23.7 Å². The van der Waals surface area contributed by atoms with E-state index in [-0.39, 0.29) is 0 Å². The van der Waals surface area contributed by atoms with E-state index in [2.05, 4.69) is 0 Å². The van der Waals surface area contributed by atoms with Gasteiger partial charge in [-0.2, -0.15) is 0 Å². The van der Waals surface area contributed by atoms with Crippen LogP contribution in [0.1, 0.15) is 0 Å². The fourth-order valence-corrected chi connectivity index (χ4v) is 3.95. The van der Waals surface area contributed by atoms with Crippen LogP contribution in [0.3, 0.4) is 0 Å². The van der Waals surface area contributed by atoms with Crippen molar-refractivity contribution in [2.24, 2.45) is 0 Å². The van der Waals surface area contributed by atoms with Gasteiger partial charge in [0.2, 0.25) is 0 Å². The lowest BCUT2D eigenvalue weighted by Gasteiger charge is -2.46. The van der Waals surface area contributed by atoms with Crippen molar-refractivity contribution in [2.75, 3.05) is 19.8 Å². The van der Waals surface area contributed by atoms with Gasteiger partial charge < -0.3 is 79.9 Å². The van der Waals surface area contributed by atoms with E-state index < -0.39 is 112 Å². The number of hydrogen-bond acceptors (Lipinski definition) is 16. The molecule has 11 N–H and O–H groups in total. The molecule has 0 aromatic rings. The van der Waals surface area contributed by atoms with Crippen LogP contribution in [-0.4, -0.2) is 168 Å². The summed E-state index contributed by atoms with van der Waals surface area (Å²) in [7, 11) is 0. The quantitative estimate of drug-likeness (QED) is 0.154. The van der Waals surface area contributed by atoms with Crippen molar-refractivity contribution < 1.29 is 79.9 Å². The summed E-state index contributed by atoms with van der Waals surface area (Å²) < 4.78 is 26.4. The van der Waals surface area contributed by atoms with Gasteiger partial charge in [0, 0.05) is 0 Å². The van der Waals surface area contributed by atoms with Gasteiger partial charge in [-0.3, -0.25) is 0 Å². The minimum atomic E-state index is -1.91. The molecule has 15 atom stereocenters. The Morgan fingerprint density at radius 3 is 1.53 bits per heavy atom. The second-order valence-electron chi connectivity index (χ2n) is 8.37. The van der Waals surface area contributed by atoms with E-state index in [1.807, 2.05) is 0 Å². The molecule has 0 aliphatic carbocycles. The van der Waals surface area contributed by atoms with Gasteiger partial charge in [-0.15, -0.1) is 0 Å². The predicted molar refractivity (Wildman–Crippen MR) is 101 cm³/mol. The number of hydrogen-bond donors (Lipinski definition) is 11. The average molecular weight is 504 g/mol. The molecule has 0 radical (unpaired) electrons. The van der Waals surface area contributed by atoms with Crippen LogP contribution in [0.4, 0.5) is 0 Å². The zero-order valence-electron chi connectivity index (χ0n) is 17.7. The van der Waals surface area contributed by atoms with Crippen LogP contribution in [0, 0.1) is 0 Å². The van der Waals surface area contributed by atoms with Crippen LogP contribution in [-0.2, 0) is 23.7 Å². The lowest BCUT2D eigenvalue weighted by Crippen LogP contribution is -2.65. The van der Waals surface area contributed by atoms with Gasteiger partial charge in [-0.25, -0.2) is 0 Å². The van der Waals surface area contributed by atoms with Gasteiger partial charge in [-0.1, -0.05) is 0 Å². The Bertz CT molecular complexity index is 637. The standard InChI is InChI=1S/C18H32O16/c19-1-4-7(21)9(23)13(27)17(32-4)30-3-6-15(11(25)12(26)16(29)31-6)34-18-14(28)10(24)8(22)5(2-20)33-18/h4-29H,1-3H2/t4-,5-,6-,7-,8-,9+,10+,11-,12-,13-,14-,15-,16-,17+,18-/m1/s1. The molecule has 0 spiro atoms. The monoisotopic (exact) mass is 504 g/mol. The van der Waals surface area contributed by atoms with Crippen LogP contribution in [0.25, 0.3) is 0 Å². The molecule has 3 aliphatic heterocycles. The topological polar surface area (TPSA) is 269 Å². The summed E-state index contributed by atoms with van der Waals surface area (Å²) >= 11 is 0. The molecule has 0 aromatic carbocycles. The van der Waals surface area contributed by atoms with Gasteiger partial charge >= 0.3 is 0 Å². The fraction of sp³-hybridized carbons (Fsp3) is 1.00. The maximum atomic E-state index is 10.4. The van der Waals surface area contributed by atoms with Crippen LogP contribution < -0.4 is 0 Å². The van der Waals surface area contributed by atoms with Crippen molar-refractivity contribution in [3.63, 3.8) is 0 Å². The van der Waals surface area contributed by atoms with E-state index in [1.165, 1.54) is 0 Å². The molecule has 200 valence electrons. The van der Waals surface area contributed by atoms with Crippen LogP contribution >= 0.6 is 0 Å². The second-order valence-corrected chi connectivity index (χ2v) is 8.37. The van der Waals surface area contributed by atoms with E-state index in [9.17, 15) is 56.2 Å². The molecular formula is C18H32O16. The van der Waals surface area contributed by atoms with Crippen molar-refractivity contribution in [1.29, 1.82) is 0 Å². The molecule has 0 aromatic heterocycles. The first kappa shape index (κ1) is 27.9. The first-order valence-corrected chi connectivity index (χ1v) is 10.6. The smallest absolute Gasteiger partial charge is 0.187 e. The molecule has 16 nitrogen and oxygen atoms in total. The van der Waals surface area contributed by atoms with Crippen molar-refractivity contribution in [3.8, 4) is 0 Å². The summed E-state index contributed by atoms with van der Waals surface area (Å²) in [6.45, 7) is -2.08. The summed E-state index contributed by atoms with van der Waals surface area (Å²) in [5, 5.41) is 109. The zero-order valence-corrected chi connectivity index (χ0v) is 17.7. The highest BCUT2D eigenvalue weighted by Gasteiger charge is 2.51. The van der Waals surface area contributed by atoms with E-state index in [0.29, 0.717) is 0 Å². The first-order chi connectivity index (χ1) is 16.0. The van der Waals surface area contributed by atoms with Gasteiger partial charge in [0.1, 0.15) is 73.2 Å². The Balaban J connectivity index is 1.72. The van der Waals surface area contributed by atoms with Crippen molar-refractivity contribution >= 4 is 0 Å². The summed E-state index contributed by atoms with van der Waals surface area (Å²) in [6, 6.07) is 0. The molecule has 3 rings (SSSR count). The largest absolute Gasteiger partial charge is 0.394 e. The number of aliphatic hydroxyl groups excluding tert-OH is 11. The Labute approximate surface area is 192 Å². The predicted octanol–water partition coefficient (Wildman–Crippen LogP) is -7.57. The van der Waals surface area contributed by atoms with Crippen molar-refractivity contribution in [3.05, 3.63) is 0 Å². The third kappa shape index (κ3) is 5.52. The first-order valence-electron chi connectivity index (χ1n) is 10.6. The van der Waals surface area contributed by atoms with Gasteiger partial charge in [0.25, 0.3) is 0 Å². The third-order valence-electron chi connectivity index (χ3n) is 6.07. The lowest BCUT2D eigenvalue weighted by atomic mass is 9.97. The molecule has 0 bridgehead atoms. The highest BCUT2D eigenvalue weighted by molar-refractivity contribution is 4.94. The van der Waals surface area contributed by atoms with Crippen LogP contribution in [0.2, 0.25) is 0 Å². The van der Waals surface area contributed by atoms with E-state index >= 15 is 0 Å². The fourth-order valence-electron chi connectivity index (χ4n) is 3.95. The summed E-state index contributed by atoms with van der Waals surface area (Å²) in [4.78, 5) is 0. The van der Waals surface area contributed by atoms with Gasteiger partial charge in [-0.05, 0) is 0 Å². The van der Waals surface area contributed by atoms with Crippen molar-refractivity contribution in [2.45, 2.75) is 92.1 Å². The highest BCUT2D eigenvalue weighted by Crippen LogP contribution is 2.30. The van der Waals surface area contributed by atoms with Gasteiger partial charge in [0.05, 0.1) is 19.8 Å².